The molecule has 0 aliphatic rings. The van der Waals surface area contributed by atoms with Gasteiger partial charge in [0.2, 0.25) is 21.8 Å². The van der Waals surface area contributed by atoms with Crippen LogP contribution < -0.4 is 9.62 Å². The highest BCUT2D eigenvalue weighted by Gasteiger charge is 2.31. The Morgan fingerprint density at radius 3 is 2.33 bits per heavy atom. The molecule has 2 atom stereocenters. The van der Waals surface area contributed by atoms with Crippen molar-refractivity contribution in [3.05, 3.63) is 77.3 Å². The maximum absolute atomic E-state index is 13.7. The van der Waals surface area contributed by atoms with Gasteiger partial charge in [0.25, 0.3) is 0 Å². The number of amides is 2. The summed E-state index contributed by atoms with van der Waals surface area (Å²) in [5.74, 6) is -0.809. The first-order valence-corrected chi connectivity index (χ1v) is 14.0. The van der Waals surface area contributed by atoms with Gasteiger partial charge in [-0.1, -0.05) is 67.1 Å². The van der Waals surface area contributed by atoms with Crippen LogP contribution in [0.2, 0.25) is 5.02 Å². The fourth-order valence-corrected chi connectivity index (χ4v) is 4.98. The number of nitrogens with one attached hydrogen (secondary N) is 1. The van der Waals surface area contributed by atoms with E-state index in [9.17, 15) is 18.0 Å². The van der Waals surface area contributed by atoms with E-state index in [1.165, 1.54) is 4.90 Å². The van der Waals surface area contributed by atoms with E-state index in [2.05, 4.69) is 5.32 Å². The maximum atomic E-state index is 13.7. The number of fused-ring (bicyclic) bond motifs is 1. The minimum Gasteiger partial charge on any atom is -0.352 e. The molecular weight excluding hydrogens is 498 g/mol. The van der Waals surface area contributed by atoms with Gasteiger partial charge < -0.3 is 10.2 Å². The van der Waals surface area contributed by atoms with Crippen molar-refractivity contribution in [2.45, 2.75) is 45.8 Å². The van der Waals surface area contributed by atoms with Crippen LogP contribution in [-0.2, 0) is 26.2 Å². The molecule has 7 nitrogen and oxygen atoms in total. The highest BCUT2D eigenvalue weighted by molar-refractivity contribution is 7.92. The van der Waals surface area contributed by atoms with Gasteiger partial charge in [0.1, 0.15) is 12.6 Å². The Labute approximate surface area is 218 Å². The number of rotatable bonds is 10. The Balaban J connectivity index is 1.99. The molecule has 0 unspecified atom stereocenters. The van der Waals surface area contributed by atoms with E-state index in [4.69, 9.17) is 11.6 Å². The van der Waals surface area contributed by atoms with Crippen molar-refractivity contribution in [1.82, 2.24) is 10.2 Å². The molecule has 9 heteroatoms. The van der Waals surface area contributed by atoms with Crippen LogP contribution in [0.5, 0.6) is 0 Å². The predicted molar refractivity (Wildman–Crippen MR) is 145 cm³/mol. The summed E-state index contributed by atoms with van der Waals surface area (Å²) in [6.07, 6.45) is 1.81. The van der Waals surface area contributed by atoms with Gasteiger partial charge in [-0.3, -0.25) is 13.9 Å². The molecule has 0 saturated carbocycles. The van der Waals surface area contributed by atoms with E-state index in [1.54, 1.807) is 37.3 Å². The van der Waals surface area contributed by atoms with Crippen LogP contribution in [0.3, 0.4) is 0 Å². The zero-order chi connectivity index (χ0) is 26.5. The molecule has 0 heterocycles. The number of benzene rings is 3. The summed E-state index contributed by atoms with van der Waals surface area (Å²) in [6, 6.07) is 18.8. The number of hydrogen-bond donors (Lipinski definition) is 1. The van der Waals surface area contributed by atoms with Gasteiger partial charge in [0.05, 0.1) is 11.9 Å². The van der Waals surface area contributed by atoms with Crippen LogP contribution in [-0.4, -0.2) is 50.0 Å². The molecule has 0 fully saturated rings. The number of sulfonamides is 1. The Kier molecular flexibility index (Phi) is 8.98. The second kappa shape index (κ2) is 11.8. The van der Waals surface area contributed by atoms with Gasteiger partial charge in [-0.05, 0) is 49.4 Å². The summed E-state index contributed by atoms with van der Waals surface area (Å²) >= 11 is 6.15. The third kappa shape index (κ3) is 6.77. The predicted octanol–water partition coefficient (Wildman–Crippen LogP) is 4.59. The van der Waals surface area contributed by atoms with E-state index in [0.717, 1.165) is 27.9 Å². The lowest BCUT2D eigenvalue weighted by atomic mass is 10.1. The van der Waals surface area contributed by atoms with Crippen molar-refractivity contribution in [2.75, 3.05) is 17.1 Å². The fourth-order valence-electron chi connectivity index (χ4n) is 3.90. The first-order valence-electron chi connectivity index (χ1n) is 11.8. The van der Waals surface area contributed by atoms with Crippen LogP contribution >= 0.6 is 11.6 Å². The van der Waals surface area contributed by atoms with Crippen LogP contribution in [0.4, 0.5) is 5.69 Å². The second-order valence-corrected chi connectivity index (χ2v) is 11.3. The molecule has 3 aromatic carbocycles. The average Bonchev–Trinajstić information content (AvgIpc) is 2.84. The smallest absolute Gasteiger partial charge is 0.244 e. The third-order valence-corrected chi connectivity index (χ3v) is 7.49. The van der Waals surface area contributed by atoms with E-state index in [0.29, 0.717) is 16.1 Å². The van der Waals surface area contributed by atoms with Crippen molar-refractivity contribution in [2.24, 2.45) is 0 Å². The summed E-state index contributed by atoms with van der Waals surface area (Å²) in [7, 11) is -3.82. The van der Waals surface area contributed by atoms with Gasteiger partial charge in [0.15, 0.2) is 0 Å². The molecule has 3 aromatic rings. The number of halogens is 1. The summed E-state index contributed by atoms with van der Waals surface area (Å²) in [4.78, 5) is 28.1. The summed E-state index contributed by atoms with van der Waals surface area (Å²) in [5.41, 5.74) is 1.14. The molecule has 1 N–H and O–H groups in total. The number of anilines is 1. The minimum atomic E-state index is -3.82. The van der Waals surface area contributed by atoms with Crippen molar-refractivity contribution in [3.63, 3.8) is 0 Å². The maximum Gasteiger partial charge on any atom is 0.244 e. The van der Waals surface area contributed by atoms with E-state index < -0.39 is 28.5 Å². The van der Waals surface area contributed by atoms with Crippen molar-refractivity contribution >= 4 is 49.9 Å². The molecule has 0 spiro atoms. The lowest BCUT2D eigenvalue weighted by molar-refractivity contribution is -0.139. The van der Waals surface area contributed by atoms with Crippen LogP contribution in [0, 0.1) is 0 Å². The first kappa shape index (κ1) is 27.5. The van der Waals surface area contributed by atoms with Gasteiger partial charge in [-0.2, -0.15) is 0 Å². The Bertz CT molecular complexity index is 1340. The molecule has 0 saturated heterocycles. The van der Waals surface area contributed by atoms with Crippen LogP contribution in [0.25, 0.3) is 10.8 Å². The summed E-state index contributed by atoms with van der Waals surface area (Å²) in [6.45, 7) is 5.14. The largest absolute Gasteiger partial charge is 0.352 e. The fraction of sp³-hybridized carbons (Fsp3) is 0.333. The number of carbonyl (C=O) groups is 2. The van der Waals surface area contributed by atoms with E-state index >= 15 is 0 Å². The molecule has 0 aliphatic heterocycles. The molecule has 192 valence electrons. The van der Waals surface area contributed by atoms with Crippen molar-refractivity contribution in [1.29, 1.82) is 0 Å². The Morgan fingerprint density at radius 1 is 1.00 bits per heavy atom. The lowest BCUT2D eigenvalue weighted by Crippen LogP contribution is -2.52. The normalized spacial score (nSPS) is 13.1. The summed E-state index contributed by atoms with van der Waals surface area (Å²) in [5, 5.41) is 4.98. The van der Waals surface area contributed by atoms with Gasteiger partial charge in [-0.15, -0.1) is 0 Å². The minimum absolute atomic E-state index is 0.0636. The number of hydrogen-bond acceptors (Lipinski definition) is 4. The Hall–Kier alpha value is -3.10. The van der Waals surface area contributed by atoms with Crippen LogP contribution in [0.15, 0.2) is 66.7 Å². The lowest BCUT2D eigenvalue weighted by Gasteiger charge is -2.32. The highest BCUT2D eigenvalue weighted by Crippen LogP contribution is 2.28. The van der Waals surface area contributed by atoms with Gasteiger partial charge in [-0.25, -0.2) is 8.42 Å². The number of carbonyl (C=O) groups excluding carboxylic acids is 2. The molecule has 36 heavy (non-hydrogen) atoms. The summed E-state index contributed by atoms with van der Waals surface area (Å²) < 4.78 is 26.9. The number of nitrogens with zero attached hydrogens (tertiary/aromatic N) is 2. The van der Waals surface area contributed by atoms with E-state index in [1.807, 2.05) is 50.2 Å². The SMILES string of the molecule is CC[C@H](C)NC(=O)[C@@H](C)N(Cc1cccc(Cl)c1)C(=O)CN(c1cccc2ccccc12)S(C)(=O)=O. The zero-order valence-corrected chi connectivity index (χ0v) is 22.5. The zero-order valence-electron chi connectivity index (χ0n) is 20.9. The molecule has 0 aromatic heterocycles. The highest BCUT2D eigenvalue weighted by atomic mass is 35.5. The monoisotopic (exact) mass is 529 g/mol. The average molecular weight is 530 g/mol. The Morgan fingerprint density at radius 2 is 1.67 bits per heavy atom. The van der Waals surface area contributed by atoms with Gasteiger partial charge in [0, 0.05) is 23.0 Å². The van der Waals surface area contributed by atoms with E-state index in [-0.39, 0.29) is 18.5 Å². The molecule has 0 aliphatic carbocycles. The van der Waals surface area contributed by atoms with Crippen molar-refractivity contribution < 1.29 is 18.0 Å². The first-order chi connectivity index (χ1) is 17.0. The van der Waals surface area contributed by atoms with Gasteiger partial charge >= 0.3 is 0 Å². The standard InChI is InChI=1S/C27H32ClN3O4S/c1-5-19(2)29-27(33)20(3)30(17-21-10-8-13-23(28)16-21)26(32)18-31(36(4,34)35)25-15-9-12-22-11-6-7-14-24(22)25/h6-16,19-20H,5,17-18H2,1-4H3,(H,29,33)/t19-,20+/m0/s1. The molecular formula is C27H32ClN3O4S. The topological polar surface area (TPSA) is 86.8 Å². The van der Waals surface area contributed by atoms with Crippen LogP contribution in [0.1, 0.15) is 32.8 Å². The van der Waals surface area contributed by atoms with Crippen molar-refractivity contribution in [3.8, 4) is 0 Å². The molecule has 3 rings (SSSR count). The molecule has 0 bridgehead atoms. The molecule has 0 radical (unpaired) electrons. The third-order valence-electron chi connectivity index (χ3n) is 6.12. The second-order valence-electron chi connectivity index (χ2n) is 8.91. The molecule has 2 amide bonds. The quantitative estimate of drug-likeness (QED) is 0.416.